The van der Waals surface area contributed by atoms with E-state index in [1.165, 1.54) is 37.0 Å². The Bertz CT molecular complexity index is 1200. The van der Waals surface area contributed by atoms with Crippen LogP contribution in [0, 0.1) is 13.8 Å². The molecule has 174 valence electrons. The van der Waals surface area contributed by atoms with E-state index in [0.717, 1.165) is 42.7 Å². The van der Waals surface area contributed by atoms with Crippen molar-refractivity contribution in [1.82, 2.24) is 29.4 Å². The molecule has 0 bridgehead atoms. The maximum atomic E-state index is 13.2. The third-order valence-corrected chi connectivity index (χ3v) is 7.20. The van der Waals surface area contributed by atoms with Crippen LogP contribution >= 0.6 is 0 Å². The molecule has 2 aromatic heterocycles. The summed E-state index contributed by atoms with van der Waals surface area (Å²) in [4.78, 5) is 30.7. The van der Waals surface area contributed by atoms with Crippen molar-refractivity contribution in [3.8, 4) is 5.69 Å². The van der Waals surface area contributed by atoms with Crippen molar-refractivity contribution >= 4 is 16.8 Å². The Kier molecular flexibility index (Phi) is 6.01. The van der Waals surface area contributed by atoms with Crippen LogP contribution in [0.25, 0.3) is 16.6 Å². The highest BCUT2D eigenvalue weighted by atomic mass is 16.2. The molecule has 1 aromatic carbocycles. The van der Waals surface area contributed by atoms with Gasteiger partial charge in [-0.05, 0) is 64.8 Å². The third-order valence-electron chi connectivity index (χ3n) is 7.20. The fourth-order valence-corrected chi connectivity index (χ4v) is 5.40. The molecule has 3 aromatic rings. The zero-order chi connectivity index (χ0) is 22.9. The van der Waals surface area contributed by atoms with Gasteiger partial charge in [0.05, 0.1) is 22.5 Å². The van der Waals surface area contributed by atoms with E-state index in [2.05, 4.69) is 15.1 Å². The average molecular weight is 449 g/mol. The monoisotopic (exact) mass is 448 g/mol. The highest BCUT2D eigenvalue weighted by Crippen LogP contribution is 2.22. The van der Waals surface area contributed by atoms with Crippen molar-refractivity contribution in [3.05, 3.63) is 52.1 Å². The summed E-state index contributed by atoms with van der Waals surface area (Å²) in [5, 5.41) is 9.84. The molecule has 0 aliphatic carbocycles. The van der Waals surface area contributed by atoms with Crippen LogP contribution in [0.4, 0.5) is 0 Å². The molecule has 5 rings (SSSR count). The molecule has 4 heterocycles. The molecule has 33 heavy (non-hydrogen) atoms. The maximum Gasteiger partial charge on any atom is 0.295 e. The van der Waals surface area contributed by atoms with Crippen molar-refractivity contribution in [1.29, 1.82) is 0 Å². The minimum atomic E-state index is -0.315. The van der Waals surface area contributed by atoms with Gasteiger partial charge in [-0.25, -0.2) is 9.36 Å². The normalized spacial score (nSPS) is 18.2. The lowest BCUT2D eigenvalue weighted by Crippen LogP contribution is -2.49. The number of piperidine rings is 2. The Balaban J connectivity index is 1.33. The van der Waals surface area contributed by atoms with Crippen LogP contribution in [-0.2, 0) is 11.3 Å². The molecule has 2 aliphatic heterocycles. The van der Waals surface area contributed by atoms with Crippen molar-refractivity contribution in [2.75, 3.05) is 26.2 Å². The standard InChI is InChI=1S/C25H32N6O2/c1-18-23-19(2)31(21-9-5-3-6-10-21)27-24(23)25(33)30(26-18)17-22(32)29-15-11-20(12-16-29)28-13-7-4-8-14-28/h3,5-6,9-10,20H,4,7-8,11-17H2,1-2H3. The van der Waals surface area contributed by atoms with Gasteiger partial charge in [0.15, 0.2) is 5.52 Å². The zero-order valence-electron chi connectivity index (χ0n) is 19.5. The van der Waals surface area contributed by atoms with Crippen LogP contribution in [0.5, 0.6) is 0 Å². The van der Waals surface area contributed by atoms with E-state index in [1.54, 1.807) is 4.68 Å². The van der Waals surface area contributed by atoms with Crippen LogP contribution in [0.1, 0.15) is 43.5 Å². The first kappa shape index (κ1) is 21.8. The number of para-hydroxylation sites is 1. The highest BCUT2D eigenvalue weighted by Gasteiger charge is 2.28. The summed E-state index contributed by atoms with van der Waals surface area (Å²) in [6.45, 7) is 7.64. The van der Waals surface area contributed by atoms with Crippen LogP contribution in [0.3, 0.4) is 0 Å². The second-order valence-corrected chi connectivity index (χ2v) is 9.31. The number of aryl methyl sites for hydroxylation is 2. The Labute approximate surface area is 193 Å². The Morgan fingerprint density at radius 3 is 2.36 bits per heavy atom. The minimum absolute atomic E-state index is 0.0404. The fourth-order valence-electron chi connectivity index (χ4n) is 5.40. The first-order valence-electron chi connectivity index (χ1n) is 12.1. The lowest BCUT2D eigenvalue weighted by molar-refractivity contribution is -0.133. The van der Waals surface area contributed by atoms with Gasteiger partial charge in [-0.1, -0.05) is 24.6 Å². The average Bonchev–Trinajstić information content (AvgIpc) is 3.21. The van der Waals surface area contributed by atoms with Gasteiger partial charge >= 0.3 is 0 Å². The van der Waals surface area contributed by atoms with Gasteiger partial charge in [0.1, 0.15) is 6.54 Å². The lowest BCUT2D eigenvalue weighted by atomic mass is 10.00. The fraction of sp³-hybridized carbons (Fsp3) is 0.520. The molecular formula is C25H32N6O2. The predicted molar refractivity (Wildman–Crippen MR) is 128 cm³/mol. The summed E-state index contributed by atoms with van der Waals surface area (Å²) in [6.07, 6.45) is 5.92. The van der Waals surface area contributed by atoms with Crippen LogP contribution < -0.4 is 5.56 Å². The Morgan fingerprint density at radius 1 is 0.970 bits per heavy atom. The second kappa shape index (κ2) is 9.09. The zero-order valence-corrected chi connectivity index (χ0v) is 19.5. The van der Waals surface area contributed by atoms with Crippen LogP contribution in [0.2, 0.25) is 0 Å². The maximum absolute atomic E-state index is 13.2. The number of fused-ring (bicyclic) bond motifs is 1. The molecule has 1 amide bonds. The quantitative estimate of drug-likeness (QED) is 0.613. The summed E-state index contributed by atoms with van der Waals surface area (Å²) in [5.74, 6) is -0.0420. The molecule has 0 saturated carbocycles. The first-order chi connectivity index (χ1) is 16.0. The van der Waals surface area contributed by atoms with E-state index in [0.29, 0.717) is 17.3 Å². The summed E-state index contributed by atoms with van der Waals surface area (Å²) in [6, 6.07) is 10.3. The predicted octanol–water partition coefficient (Wildman–Crippen LogP) is 2.68. The number of aromatic nitrogens is 4. The number of hydrogen-bond donors (Lipinski definition) is 0. The van der Waals surface area contributed by atoms with Gasteiger partial charge in [0.25, 0.3) is 5.56 Å². The van der Waals surface area contributed by atoms with E-state index in [1.807, 2.05) is 49.1 Å². The number of amides is 1. The number of nitrogens with zero attached hydrogens (tertiary/aromatic N) is 6. The van der Waals surface area contributed by atoms with Crippen molar-refractivity contribution in [2.24, 2.45) is 0 Å². The van der Waals surface area contributed by atoms with E-state index in [-0.39, 0.29) is 18.0 Å². The van der Waals surface area contributed by atoms with Crippen molar-refractivity contribution < 1.29 is 4.79 Å². The van der Waals surface area contributed by atoms with Gasteiger partial charge in [-0.2, -0.15) is 10.2 Å². The summed E-state index contributed by atoms with van der Waals surface area (Å²) < 4.78 is 3.07. The number of hydrogen-bond acceptors (Lipinski definition) is 5. The summed E-state index contributed by atoms with van der Waals surface area (Å²) in [7, 11) is 0. The molecule has 2 fully saturated rings. The second-order valence-electron chi connectivity index (χ2n) is 9.31. The van der Waals surface area contributed by atoms with Gasteiger partial charge < -0.3 is 9.80 Å². The first-order valence-corrected chi connectivity index (χ1v) is 12.1. The highest BCUT2D eigenvalue weighted by molar-refractivity contribution is 5.84. The molecular weight excluding hydrogens is 416 g/mol. The summed E-state index contributed by atoms with van der Waals surface area (Å²) in [5.41, 5.74) is 2.52. The SMILES string of the molecule is Cc1nn(CC(=O)N2CCC(N3CCCCC3)CC2)c(=O)c2nn(-c3ccccc3)c(C)c12. The van der Waals surface area contributed by atoms with Crippen LogP contribution in [-0.4, -0.2) is 67.5 Å². The van der Waals surface area contributed by atoms with Gasteiger partial charge in [-0.3, -0.25) is 9.59 Å². The van der Waals surface area contributed by atoms with Gasteiger partial charge in [0, 0.05) is 19.1 Å². The molecule has 8 nitrogen and oxygen atoms in total. The number of carbonyl (C=O) groups excluding carboxylic acids is 1. The van der Waals surface area contributed by atoms with E-state index >= 15 is 0 Å². The molecule has 0 unspecified atom stereocenters. The number of rotatable bonds is 4. The molecule has 0 atom stereocenters. The lowest BCUT2D eigenvalue weighted by Gasteiger charge is -2.40. The molecule has 0 N–H and O–H groups in total. The number of carbonyl (C=O) groups is 1. The topological polar surface area (TPSA) is 76.3 Å². The van der Waals surface area contributed by atoms with E-state index in [9.17, 15) is 9.59 Å². The molecule has 0 radical (unpaired) electrons. The molecule has 8 heteroatoms. The van der Waals surface area contributed by atoms with E-state index in [4.69, 9.17) is 0 Å². The van der Waals surface area contributed by atoms with E-state index < -0.39 is 0 Å². The number of likely N-dealkylation sites (tertiary alicyclic amines) is 2. The van der Waals surface area contributed by atoms with Crippen LogP contribution in [0.15, 0.2) is 35.1 Å². The van der Waals surface area contributed by atoms with Crippen molar-refractivity contribution in [3.63, 3.8) is 0 Å². The van der Waals surface area contributed by atoms with Gasteiger partial charge in [0.2, 0.25) is 5.91 Å². The Hall–Kier alpha value is -3.00. The minimum Gasteiger partial charge on any atom is -0.341 e. The summed E-state index contributed by atoms with van der Waals surface area (Å²) >= 11 is 0. The Morgan fingerprint density at radius 2 is 1.67 bits per heavy atom. The van der Waals surface area contributed by atoms with Gasteiger partial charge in [-0.15, -0.1) is 0 Å². The van der Waals surface area contributed by atoms with Crippen molar-refractivity contribution in [2.45, 2.75) is 58.5 Å². The molecule has 2 aliphatic rings. The molecule has 2 saturated heterocycles. The number of benzene rings is 1. The smallest absolute Gasteiger partial charge is 0.295 e. The largest absolute Gasteiger partial charge is 0.341 e. The molecule has 0 spiro atoms. The third kappa shape index (κ3) is 4.19.